The molecule has 4 aromatic carbocycles. The Morgan fingerprint density at radius 3 is 1.75 bits per heavy atom. The number of amides is 1. The van der Waals surface area contributed by atoms with E-state index in [1.54, 1.807) is 6.08 Å². The molecule has 0 spiro atoms. The molecule has 0 bridgehead atoms. The van der Waals surface area contributed by atoms with E-state index >= 15 is 0 Å². The van der Waals surface area contributed by atoms with Crippen molar-refractivity contribution in [2.45, 2.75) is 38.0 Å². The Kier molecular flexibility index (Phi) is 8.69. The highest BCUT2D eigenvalue weighted by atomic mass is 28.3. The molecule has 0 radical (unpaired) electrons. The van der Waals surface area contributed by atoms with Crippen LogP contribution in [0.3, 0.4) is 0 Å². The molecule has 36 heavy (non-hydrogen) atoms. The average molecular weight is 490 g/mol. The van der Waals surface area contributed by atoms with Crippen LogP contribution in [0.1, 0.15) is 33.9 Å². The van der Waals surface area contributed by atoms with Gasteiger partial charge in [0.15, 0.2) is 0 Å². The van der Waals surface area contributed by atoms with Gasteiger partial charge in [0, 0.05) is 0 Å². The van der Waals surface area contributed by atoms with Gasteiger partial charge in [0.25, 0.3) is 0 Å². The second-order valence-corrected chi connectivity index (χ2v) is 14.3. The third kappa shape index (κ3) is 7.66. The van der Waals surface area contributed by atoms with Crippen LogP contribution in [-0.2, 0) is 23.3 Å². The molecular weight excluding hydrogens is 454 g/mol. The van der Waals surface area contributed by atoms with Gasteiger partial charge < -0.3 is 5.32 Å². The van der Waals surface area contributed by atoms with Crippen molar-refractivity contribution in [1.82, 2.24) is 5.32 Å². The van der Waals surface area contributed by atoms with Gasteiger partial charge in [-0.3, -0.25) is 4.79 Å². The summed E-state index contributed by atoms with van der Waals surface area (Å²) < 4.78 is 0. The molecule has 4 rings (SSSR count). The Labute approximate surface area is 216 Å². The molecule has 2 nitrogen and oxygen atoms in total. The first kappa shape index (κ1) is 25.4. The van der Waals surface area contributed by atoms with E-state index in [1.165, 1.54) is 22.3 Å². The molecule has 0 aromatic heterocycles. The molecule has 0 aliphatic heterocycles. The van der Waals surface area contributed by atoms with Gasteiger partial charge in [0.1, 0.15) is 0 Å². The lowest BCUT2D eigenvalue weighted by Gasteiger charge is -2.25. The van der Waals surface area contributed by atoms with Gasteiger partial charge in [-0.2, -0.15) is 0 Å². The summed E-state index contributed by atoms with van der Waals surface area (Å²) in [6.07, 6.45) is 2.55. The molecule has 1 atom stereocenters. The SMILES string of the molecule is Cc1ccc(CC(NC(=O)C=C[Si](C)(Cc2ccccc2)Cc2ccccc2)c2ccccc2)cc1. The lowest BCUT2D eigenvalue weighted by atomic mass is 9.98. The van der Waals surface area contributed by atoms with Crippen molar-refractivity contribution in [2.24, 2.45) is 0 Å². The highest BCUT2D eigenvalue weighted by molar-refractivity contribution is 6.82. The Balaban J connectivity index is 1.53. The van der Waals surface area contributed by atoms with Gasteiger partial charge in [-0.05, 0) is 42.6 Å². The predicted molar refractivity (Wildman–Crippen MR) is 153 cm³/mol. The van der Waals surface area contributed by atoms with Crippen LogP contribution in [0.2, 0.25) is 6.55 Å². The normalized spacial score (nSPS) is 12.4. The van der Waals surface area contributed by atoms with Crippen molar-refractivity contribution < 1.29 is 4.79 Å². The molecular formula is C33H35NOSi. The van der Waals surface area contributed by atoms with Gasteiger partial charge >= 0.3 is 0 Å². The zero-order valence-corrected chi connectivity index (χ0v) is 22.2. The van der Waals surface area contributed by atoms with Crippen molar-refractivity contribution >= 4 is 14.0 Å². The quantitative estimate of drug-likeness (QED) is 0.186. The summed E-state index contributed by atoms with van der Waals surface area (Å²) in [7, 11) is -1.95. The Bertz CT molecular complexity index is 1210. The molecule has 0 heterocycles. The number of rotatable bonds is 10. The maximum atomic E-state index is 13.2. The number of hydrogen-bond donors (Lipinski definition) is 1. The van der Waals surface area contributed by atoms with Crippen molar-refractivity contribution in [3.05, 3.63) is 155 Å². The number of carbonyl (C=O) groups is 1. The van der Waals surface area contributed by atoms with Crippen LogP contribution in [0.25, 0.3) is 0 Å². The first-order chi connectivity index (χ1) is 17.5. The first-order valence-corrected chi connectivity index (χ1v) is 15.7. The number of hydrogen-bond acceptors (Lipinski definition) is 1. The van der Waals surface area contributed by atoms with Crippen LogP contribution < -0.4 is 5.32 Å². The van der Waals surface area contributed by atoms with Crippen molar-refractivity contribution in [3.63, 3.8) is 0 Å². The fourth-order valence-corrected chi connectivity index (χ4v) is 7.95. The summed E-state index contributed by atoms with van der Waals surface area (Å²) in [6, 6.07) is 42.0. The smallest absolute Gasteiger partial charge is 0.243 e. The highest BCUT2D eigenvalue weighted by Crippen LogP contribution is 2.21. The minimum absolute atomic E-state index is 0.0317. The van der Waals surface area contributed by atoms with Crippen molar-refractivity contribution in [2.75, 3.05) is 0 Å². The number of carbonyl (C=O) groups excluding carboxylic acids is 1. The van der Waals surface area contributed by atoms with Gasteiger partial charge in [-0.15, -0.1) is 0 Å². The molecule has 182 valence electrons. The van der Waals surface area contributed by atoms with Crippen LogP contribution in [0, 0.1) is 6.92 Å². The summed E-state index contributed by atoms with van der Waals surface area (Å²) in [5.74, 6) is -0.0317. The first-order valence-electron chi connectivity index (χ1n) is 12.7. The van der Waals surface area contributed by atoms with E-state index in [2.05, 4.69) is 122 Å². The Morgan fingerprint density at radius 1 is 0.722 bits per heavy atom. The van der Waals surface area contributed by atoms with Crippen LogP contribution in [0.4, 0.5) is 0 Å². The number of nitrogens with one attached hydrogen (secondary N) is 1. The lowest BCUT2D eigenvalue weighted by molar-refractivity contribution is -0.117. The fraction of sp³-hybridized carbons (Fsp3) is 0.182. The van der Waals surface area contributed by atoms with Gasteiger partial charge in [-0.25, -0.2) is 0 Å². The topological polar surface area (TPSA) is 29.1 Å². The molecule has 3 heteroatoms. The Hall–Kier alpha value is -3.69. The van der Waals surface area contributed by atoms with Crippen LogP contribution in [0.15, 0.2) is 127 Å². The van der Waals surface area contributed by atoms with Crippen LogP contribution in [0.5, 0.6) is 0 Å². The summed E-state index contributed by atoms with van der Waals surface area (Å²) in [5.41, 5.74) is 8.46. The average Bonchev–Trinajstić information content (AvgIpc) is 2.90. The standard InChI is InChI=1S/C33H35NOSi/c1-27-18-20-28(21-19-27)24-32(31-16-10-5-11-17-31)34-33(35)22-23-36(2,25-29-12-6-3-7-13-29)26-30-14-8-4-9-15-30/h3-23,32H,24-26H2,1-2H3,(H,34,35). The summed E-state index contributed by atoms with van der Waals surface area (Å²) in [4.78, 5) is 13.2. The minimum atomic E-state index is -1.95. The van der Waals surface area contributed by atoms with Crippen molar-refractivity contribution in [3.8, 4) is 0 Å². The van der Waals surface area contributed by atoms with Gasteiger partial charge in [-0.1, -0.05) is 144 Å². The summed E-state index contributed by atoms with van der Waals surface area (Å²) in [5, 5.41) is 3.29. The molecule has 1 unspecified atom stereocenters. The van der Waals surface area contributed by atoms with Crippen molar-refractivity contribution in [1.29, 1.82) is 0 Å². The van der Waals surface area contributed by atoms with Gasteiger partial charge in [0.2, 0.25) is 5.91 Å². The molecule has 0 aliphatic rings. The van der Waals surface area contributed by atoms with E-state index < -0.39 is 8.07 Å². The summed E-state index contributed by atoms with van der Waals surface area (Å²) in [6.45, 7) is 4.47. The van der Waals surface area contributed by atoms with Gasteiger partial charge in [0.05, 0.1) is 14.1 Å². The third-order valence-corrected chi connectivity index (χ3v) is 10.0. The largest absolute Gasteiger partial charge is 0.345 e. The molecule has 0 fully saturated rings. The van der Waals surface area contributed by atoms with E-state index in [4.69, 9.17) is 0 Å². The minimum Gasteiger partial charge on any atom is -0.345 e. The maximum absolute atomic E-state index is 13.2. The third-order valence-electron chi connectivity index (χ3n) is 6.62. The Morgan fingerprint density at radius 2 is 1.22 bits per heavy atom. The monoisotopic (exact) mass is 489 g/mol. The summed E-state index contributed by atoms with van der Waals surface area (Å²) >= 11 is 0. The second-order valence-electron chi connectivity index (χ2n) is 9.97. The lowest BCUT2D eigenvalue weighted by Crippen LogP contribution is -2.36. The highest BCUT2D eigenvalue weighted by Gasteiger charge is 2.25. The number of aryl methyl sites for hydroxylation is 1. The molecule has 0 saturated carbocycles. The van der Waals surface area contributed by atoms with E-state index in [-0.39, 0.29) is 11.9 Å². The van der Waals surface area contributed by atoms with E-state index in [1.807, 2.05) is 18.2 Å². The molecule has 1 amide bonds. The molecule has 4 aromatic rings. The zero-order valence-electron chi connectivity index (χ0n) is 21.2. The second kappa shape index (κ2) is 12.3. The zero-order chi connectivity index (χ0) is 25.2. The number of benzene rings is 4. The molecule has 0 aliphatic carbocycles. The fourth-order valence-electron chi connectivity index (χ4n) is 4.70. The predicted octanol–water partition coefficient (Wildman–Crippen LogP) is 7.13. The maximum Gasteiger partial charge on any atom is 0.243 e. The van der Waals surface area contributed by atoms with Crippen LogP contribution in [-0.4, -0.2) is 14.0 Å². The molecule has 1 N–H and O–H groups in total. The van der Waals surface area contributed by atoms with Crippen LogP contribution >= 0.6 is 0 Å². The van der Waals surface area contributed by atoms with E-state index in [0.29, 0.717) is 0 Å². The van der Waals surface area contributed by atoms with E-state index in [9.17, 15) is 4.79 Å². The molecule has 0 saturated heterocycles. The van der Waals surface area contributed by atoms with E-state index in [0.717, 1.165) is 24.1 Å².